The lowest BCUT2D eigenvalue weighted by molar-refractivity contribution is -0.120. The summed E-state index contributed by atoms with van der Waals surface area (Å²) in [6, 6.07) is 0. The summed E-state index contributed by atoms with van der Waals surface area (Å²) in [4.78, 5) is 23.2. The number of halogens is 2. The first-order valence-electron chi connectivity index (χ1n) is 6.03. The van der Waals surface area contributed by atoms with Crippen LogP contribution < -0.4 is 21.9 Å². The fourth-order valence-electron chi connectivity index (χ4n) is 2.01. The largest absolute Gasteiger partial charge is 0.383 e. The van der Waals surface area contributed by atoms with Crippen molar-refractivity contribution >= 4 is 36.4 Å². The summed E-state index contributed by atoms with van der Waals surface area (Å²) in [6.07, 6.45) is 1.78. The molecule has 0 atom stereocenters. The van der Waals surface area contributed by atoms with Gasteiger partial charge in [0.15, 0.2) is 0 Å². The van der Waals surface area contributed by atoms with E-state index >= 15 is 0 Å². The van der Waals surface area contributed by atoms with Crippen LogP contribution >= 0.6 is 24.8 Å². The molecular weight excluding hydrogens is 305 g/mol. The Hall–Kier alpha value is -1.31. The maximum Gasteiger partial charge on any atom is 0.269 e. The van der Waals surface area contributed by atoms with Gasteiger partial charge in [-0.1, -0.05) is 0 Å². The van der Waals surface area contributed by atoms with Gasteiger partial charge in [-0.05, 0) is 12.8 Å². The predicted molar refractivity (Wildman–Crippen MR) is 81.9 cm³/mol. The molecule has 1 aromatic heterocycles. The van der Waals surface area contributed by atoms with Gasteiger partial charge >= 0.3 is 0 Å². The van der Waals surface area contributed by atoms with Gasteiger partial charge in [0.2, 0.25) is 5.91 Å². The van der Waals surface area contributed by atoms with Crippen LogP contribution in [-0.4, -0.2) is 35.7 Å². The van der Waals surface area contributed by atoms with Gasteiger partial charge in [-0.15, -0.1) is 24.8 Å². The molecule has 0 aliphatic carbocycles. The second-order valence-corrected chi connectivity index (χ2v) is 4.20. The van der Waals surface area contributed by atoms with Crippen LogP contribution in [0.1, 0.15) is 17.7 Å². The molecule has 0 unspecified atom stereocenters. The third kappa shape index (κ3) is 4.36. The summed E-state index contributed by atoms with van der Waals surface area (Å²) in [7, 11) is 0. The van der Waals surface area contributed by atoms with Crippen LogP contribution in [0.5, 0.6) is 0 Å². The number of aromatic amines is 1. The zero-order valence-corrected chi connectivity index (χ0v) is 12.5. The number of nitrogens with one attached hydrogen (secondary N) is 3. The highest BCUT2D eigenvalue weighted by Gasteiger charge is 2.18. The zero-order valence-electron chi connectivity index (χ0n) is 10.9. The average Bonchev–Trinajstić information content (AvgIpc) is 2.40. The van der Waals surface area contributed by atoms with Crippen molar-refractivity contribution in [1.29, 1.82) is 0 Å². The van der Waals surface area contributed by atoms with Crippen LogP contribution in [0.3, 0.4) is 0 Å². The number of rotatable bonds is 4. The van der Waals surface area contributed by atoms with E-state index in [4.69, 9.17) is 5.73 Å². The van der Waals surface area contributed by atoms with E-state index in [1.165, 1.54) is 0 Å². The molecule has 0 saturated heterocycles. The Morgan fingerprint density at radius 1 is 1.40 bits per heavy atom. The highest BCUT2D eigenvalue weighted by molar-refractivity contribution is 5.85. The molecule has 2 heterocycles. The summed E-state index contributed by atoms with van der Waals surface area (Å²) in [6.45, 7) is 1.65. The van der Waals surface area contributed by atoms with E-state index in [-0.39, 0.29) is 42.7 Å². The van der Waals surface area contributed by atoms with Crippen molar-refractivity contribution in [1.82, 2.24) is 15.5 Å². The number of carbonyl (C=O) groups is 1. The minimum absolute atomic E-state index is 0. The molecule has 1 aromatic rings. The predicted octanol–water partition coefficient (Wildman–Crippen LogP) is -0.411. The molecule has 0 fully saturated rings. The molecule has 0 aromatic carbocycles. The van der Waals surface area contributed by atoms with E-state index < -0.39 is 0 Å². The van der Waals surface area contributed by atoms with Crippen molar-refractivity contribution in [2.75, 3.05) is 25.0 Å². The highest BCUT2D eigenvalue weighted by atomic mass is 35.5. The van der Waals surface area contributed by atoms with Gasteiger partial charge in [-0.25, -0.2) is 5.10 Å². The van der Waals surface area contributed by atoms with Crippen molar-refractivity contribution in [3.8, 4) is 0 Å². The van der Waals surface area contributed by atoms with Gasteiger partial charge in [0, 0.05) is 25.2 Å². The Balaban J connectivity index is 0.00000180. The topological polar surface area (TPSA) is 113 Å². The van der Waals surface area contributed by atoms with Crippen LogP contribution in [0.25, 0.3) is 0 Å². The third-order valence-electron chi connectivity index (χ3n) is 2.86. The number of anilines is 1. The van der Waals surface area contributed by atoms with Gasteiger partial charge in [-0.3, -0.25) is 9.59 Å². The summed E-state index contributed by atoms with van der Waals surface area (Å²) >= 11 is 0. The summed E-state index contributed by atoms with van der Waals surface area (Å²) in [5.41, 5.74) is 7.12. The number of fused-ring (bicyclic) bond motifs is 1. The molecule has 1 aliphatic heterocycles. The smallest absolute Gasteiger partial charge is 0.269 e. The third-order valence-corrected chi connectivity index (χ3v) is 2.86. The van der Waals surface area contributed by atoms with Crippen LogP contribution in [0, 0.1) is 0 Å². The van der Waals surface area contributed by atoms with Gasteiger partial charge in [0.05, 0.1) is 17.8 Å². The van der Waals surface area contributed by atoms with Gasteiger partial charge in [-0.2, -0.15) is 5.10 Å². The quantitative estimate of drug-likeness (QED) is 0.601. The molecule has 1 aliphatic rings. The molecule has 1 amide bonds. The van der Waals surface area contributed by atoms with Gasteiger partial charge in [0.25, 0.3) is 5.56 Å². The van der Waals surface area contributed by atoms with E-state index in [9.17, 15) is 9.59 Å². The molecule has 5 N–H and O–H groups in total. The van der Waals surface area contributed by atoms with Crippen molar-refractivity contribution in [2.24, 2.45) is 5.73 Å². The summed E-state index contributed by atoms with van der Waals surface area (Å²) in [5.74, 6) is -0.144. The number of H-pyrrole nitrogens is 1. The van der Waals surface area contributed by atoms with E-state index in [1.807, 2.05) is 0 Å². The fraction of sp³-hybridized carbons (Fsp3) is 0.545. The highest BCUT2D eigenvalue weighted by Crippen LogP contribution is 2.21. The molecule has 9 heteroatoms. The first-order valence-corrected chi connectivity index (χ1v) is 6.03. The van der Waals surface area contributed by atoms with E-state index in [1.54, 1.807) is 0 Å². The average molecular weight is 324 g/mol. The summed E-state index contributed by atoms with van der Waals surface area (Å²) in [5, 5.41) is 12.2. The lowest BCUT2D eigenvalue weighted by Crippen LogP contribution is -2.32. The monoisotopic (exact) mass is 323 g/mol. The molecule has 7 nitrogen and oxygen atoms in total. The standard InChI is InChI=1S/C11H17N5O2.2ClH/c12-3-5-13-9(17)6-8-10-7(2-1-4-14-10)11(18)16-15-8;;/h14H,1-6,12H2,(H,13,17)(H,16,18);2*1H. The van der Waals surface area contributed by atoms with E-state index in [2.05, 4.69) is 20.8 Å². The van der Waals surface area contributed by atoms with Gasteiger partial charge < -0.3 is 16.4 Å². The number of nitrogens with two attached hydrogens (primary N) is 1. The Bertz CT molecular complexity index is 506. The van der Waals surface area contributed by atoms with Crippen LogP contribution in [0.2, 0.25) is 0 Å². The normalized spacial score (nSPS) is 12.2. The summed E-state index contributed by atoms with van der Waals surface area (Å²) < 4.78 is 0. The van der Waals surface area contributed by atoms with Crippen LogP contribution in [0.4, 0.5) is 5.69 Å². The molecule has 114 valence electrons. The minimum Gasteiger partial charge on any atom is -0.383 e. The first-order chi connectivity index (χ1) is 8.72. The second kappa shape index (κ2) is 8.78. The lowest BCUT2D eigenvalue weighted by Gasteiger charge is -2.19. The first kappa shape index (κ1) is 18.7. The van der Waals surface area contributed by atoms with Crippen LogP contribution in [0.15, 0.2) is 4.79 Å². The number of amides is 1. The Morgan fingerprint density at radius 2 is 2.15 bits per heavy atom. The van der Waals surface area contributed by atoms with Crippen molar-refractivity contribution in [2.45, 2.75) is 19.3 Å². The molecule has 20 heavy (non-hydrogen) atoms. The number of hydrogen-bond acceptors (Lipinski definition) is 5. The minimum atomic E-state index is -0.177. The number of nitrogens with zero attached hydrogens (tertiary/aromatic N) is 1. The zero-order chi connectivity index (χ0) is 13.0. The van der Waals surface area contributed by atoms with Crippen molar-refractivity contribution in [3.63, 3.8) is 0 Å². The molecule has 0 bridgehead atoms. The molecular formula is C11H19Cl2N5O2. The second-order valence-electron chi connectivity index (χ2n) is 4.20. The number of hydrogen-bond donors (Lipinski definition) is 4. The van der Waals surface area contributed by atoms with Crippen molar-refractivity contribution in [3.05, 3.63) is 21.6 Å². The Kier molecular flexibility index (Phi) is 8.21. The van der Waals surface area contributed by atoms with Crippen molar-refractivity contribution < 1.29 is 4.79 Å². The van der Waals surface area contributed by atoms with Gasteiger partial charge in [0.1, 0.15) is 0 Å². The number of carbonyl (C=O) groups excluding carboxylic acids is 1. The SMILES string of the molecule is Cl.Cl.NCCNC(=O)Cc1n[nH]c(=O)c2c1NCCC2. The fourth-order valence-corrected chi connectivity index (χ4v) is 2.01. The maximum absolute atomic E-state index is 11.6. The van der Waals surface area contributed by atoms with E-state index in [0.717, 1.165) is 19.4 Å². The molecule has 2 rings (SSSR count). The Morgan fingerprint density at radius 3 is 2.85 bits per heavy atom. The molecule has 0 spiro atoms. The number of aromatic nitrogens is 2. The lowest BCUT2D eigenvalue weighted by atomic mass is 10.0. The molecule has 0 radical (unpaired) electrons. The van der Waals surface area contributed by atoms with Crippen LogP contribution in [-0.2, 0) is 17.6 Å². The molecule has 0 saturated carbocycles. The Labute approximate surface area is 128 Å². The maximum atomic E-state index is 11.6. The van der Waals surface area contributed by atoms with E-state index in [0.29, 0.717) is 30.0 Å².